The maximum absolute atomic E-state index is 13.3. The molecule has 1 rings (SSSR count). The fourth-order valence-corrected chi connectivity index (χ4v) is 3.02. The smallest absolute Gasteiger partial charge is 0.352 e. The van der Waals surface area contributed by atoms with Crippen LogP contribution in [-0.4, -0.2) is 54.5 Å². The highest BCUT2D eigenvalue weighted by Gasteiger charge is 2.55. The lowest BCUT2D eigenvalue weighted by atomic mass is 9.94. The van der Waals surface area contributed by atoms with Crippen molar-refractivity contribution in [3.8, 4) is 0 Å². The van der Waals surface area contributed by atoms with Crippen LogP contribution in [0.15, 0.2) is 30.3 Å². The van der Waals surface area contributed by atoms with Gasteiger partial charge in [-0.2, -0.15) is 0 Å². The van der Waals surface area contributed by atoms with Gasteiger partial charge in [0.1, 0.15) is 0 Å². The second-order valence-corrected chi connectivity index (χ2v) is 7.87. The molecule has 0 bridgehead atoms. The van der Waals surface area contributed by atoms with Gasteiger partial charge in [-0.15, -0.1) is 0 Å². The van der Waals surface area contributed by atoms with Gasteiger partial charge in [-0.3, -0.25) is 4.79 Å². The van der Waals surface area contributed by atoms with Crippen molar-refractivity contribution in [3.63, 3.8) is 0 Å². The SMILES string of the molecule is CCCCC(OC(C)(C)C(=O)OCC)(C(=O)OCC)C(=O)OC(C)NC(=O)c1ccccc1. The molecule has 0 aliphatic rings. The molecular formula is C24H35NO8. The summed E-state index contributed by atoms with van der Waals surface area (Å²) < 4.78 is 21.5. The van der Waals surface area contributed by atoms with Crippen LogP contribution in [0.2, 0.25) is 0 Å². The maximum atomic E-state index is 13.3. The standard InChI is InChI=1S/C24H35NO8/c1-7-10-16-24(21(28)31-9-3,33-23(5,6)20(27)30-8-2)22(29)32-17(4)25-19(26)18-14-12-11-13-15-18/h11-15,17H,7-10,16H2,1-6H3,(H,25,26). The van der Waals surface area contributed by atoms with Crippen LogP contribution in [0.5, 0.6) is 0 Å². The molecule has 33 heavy (non-hydrogen) atoms. The van der Waals surface area contributed by atoms with E-state index in [9.17, 15) is 19.2 Å². The summed E-state index contributed by atoms with van der Waals surface area (Å²) >= 11 is 0. The predicted molar refractivity (Wildman–Crippen MR) is 120 cm³/mol. The van der Waals surface area contributed by atoms with E-state index in [4.69, 9.17) is 18.9 Å². The number of amides is 1. The number of esters is 3. The number of nitrogens with one attached hydrogen (secondary N) is 1. The average molecular weight is 466 g/mol. The first-order valence-corrected chi connectivity index (χ1v) is 11.2. The van der Waals surface area contributed by atoms with Gasteiger partial charge in [0.05, 0.1) is 13.2 Å². The maximum Gasteiger partial charge on any atom is 0.352 e. The molecule has 9 heteroatoms. The third kappa shape index (κ3) is 7.85. The van der Waals surface area contributed by atoms with Crippen molar-refractivity contribution in [2.45, 2.75) is 78.2 Å². The fourth-order valence-electron chi connectivity index (χ4n) is 3.02. The molecule has 0 saturated heterocycles. The number of hydrogen-bond donors (Lipinski definition) is 1. The van der Waals surface area contributed by atoms with Gasteiger partial charge in [0, 0.05) is 5.56 Å². The van der Waals surface area contributed by atoms with Crippen LogP contribution < -0.4 is 5.32 Å². The van der Waals surface area contributed by atoms with E-state index in [0.29, 0.717) is 18.4 Å². The summed E-state index contributed by atoms with van der Waals surface area (Å²) in [6.45, 7) is 9.44. The Balaban J connectivity index is 3.20. The molecule has 1 aromatic carbocycles. The number of unbranched alkanes of at least 4 members (excludes halogenated alkanes) is 1. The number of carbonyl (C=O) groups excluding carboxylic acids is 4. The normalized spacial score (nSPS) is 13.9. The first-order chi connectivity index (χ1) is 15.5. The lowest BCUT2D eigenvalue weighted by Gasteiger charge is -2.36. The molecule has 9 nitrogen and oxygen atoms in total. The van der Waals surface area contributed by atoms with Crippen LogP contribution in [0.25, 0.3) is 0 Å². The van der Waals surface area contributed by atoms with Gasteiger partial charge in [-0.1, -0.05) is 31.5 Å². The van der Waals surface area contributed by atoms with Gasteiger partial charge < -0.3 is 24.3 Å². The summed E-state index contributed by atoms with van der Waals surface area (Å²) in [5.74, 6) is -3.23. The van der Waals surface area contributed by atoms with Crippen LogP contribution >= 0.6 is 0 Å². The van der Waals surface area contributed by atoms with Gasteiger partial charge >= 0.3 is 17.9 Å². The lowest BCUT2D eigenvalue weighted by Crippen LogP contribution is -2.58. The lowest BCUT2D eigenvalue weighted by molar-refractivity contribution is -0.218. The summed E-state index contributed by atoms with van der Waals surface area (Å²) in [6.07, 6.45) is -0.117. The Labute approximate surface area is 195 Å². The monoisotopic (exact) mass is 465 g/mol. The Kier molecular flexibility index (Phi) is 11.0. The van der Waals surface area contributed by atoms with Crippen molar-refractivity contribution in [1.82, 2.24) is 5.32 Å². The van der Waals surface area contributed by atoms with Crippen molar-refractivity contribution >= 4 is 23.8 Å². The molecule has 0 aliphatic carbocycles. The Morgan fingerprint density at radius 1 is 0.909 bits per heavy atom. The number of carbonyl (C=O) groups is 4. The highest BCUT2D eigenvalue weighted by atomic mass is 16.6. The van der Waals surface area contributed by atoms with E-state index in [1.807, 2.05) is 6.92 Å². The van der Waals surface area contributed by atoms with Crippen LogP contribution in [-0.2, 0) is 33.3 Å². The van der Waals surface area contributed by atoms with Crippen LogP contribution in [0.3, 0.4) is 0 Å². The van der Waals surface area contributed by atoms with E-state index >= 15 is 0 Å². The molecular weight excluding hydrogens is 430 g/mol. The Morgan fingerprint density at radius 3 is 2.03 bits per heavy atom. The highest BCUT2D eigenvalue weighted by molar-refractivity contribution is 6.04. The quantitative estimate of drug-likeness (QED) is 0.204. The van der Waals surface area contributed by atoms with Crippen molar-refractivity contribution in [2.24, 2.45) is 0 Å². The highest BCUT2D eigenvalue weighted by Crippen LogP contribution is 2.30. The summed E-state index contributed by atoms with van der Waals surface area (Å²) in [7, 11) is 0. The molecule has 184 valence electrons. The fraction of sp³-hybridized carbons (Fsp3) is 0.583. The zero-order valence-electron chi connectivity index (χ0n) is 20.3. The minimum absolute atomic E-state index is 0.0104. The number of ether oxygens (including phenoxy) is 4. The Morgan fingerprint density at radius 2 is 1.48 bits per heavy atom. The van der Waals surface area contributed by atoms with Gasteiger partial charge in [-0.05, 0) is 59.6 Å². The van der Waals surface area contributed by atoms with E-state index in [0.717, 1.165) is 0 Å². The molecule has 0 aliphatic heterocycles. The predicted octanol–water partition coefficient (Wildman–Crippen LogP) is 3.16. The van der Waals surface area contributed by atoms with E-state index in [2.05, 4.69) is 5.32 Å². The molecule has 2 atom stereocenters. The molecule has 0 radical (unpaired) electrons. The molecule has 1 N–H and O–H groups in total. The van der Waals surface area contributed by atoms with E-state index in [1.165, 1.54) is 20.8 Å². The van der Waals surface area contributed by atoms with Gasteiger partial charge in [0.25, 0.3) is 11.5 Å². The zero-order valence-corrected chi connectivity index (χ0v) is 20.3. The summed E-state index contributed by atoms with van der Waals surface area (Å²) in [5.41, 5.74) is -3.48. The Bertz CT molecular complexity index is 808. The minimum atomic E-state index is -2.21. The minimum Gasteiger partial charge on any atom is -0.464 e. The summed E-state index contributed by atoms with van der Waals surface area (Å²) in [4.78, 5) is 51.2. The van der Waals surface area contributed by atoms with E-state index < -0.39 is 41.2 Å². The first kappa shape index (κ1) is 28.1. The van der Waals surface area contributed by atoms with E-state index in [-0.39, 0.29) is 19.6 Å². The van der Waals surface area contributed by atoms with Gasteiger partial charge in [0.15, 0.2) is 11.8 Å². The molecule has 2 unspecified atom stereocenters. The number of hydrogen-bond acceptors (Lipinski definition) is 8. The molecule has 1 aromatic rings. The third-order valence-corrected chi connectivity index (χ3v) is 4.67. The molecule has 0 saturated carbocycles. The largest absolute Gasteiger partial charge is 0.464 e. The van der Waals surface area contributed by atoms with Crippen molar-refractivity contribution in [1.29, 1.82) is 0 Å². The van der Waals surface area contributed by atoms with Crippen LogP contribution in [0, 0.1) is 0 Å². The molecule has 0 aromatic heterocycles. The number of benzene rings is 1. The average Bonchev–Trinajstić information content (AvgIpc) is 2.77. The summed E-state index contributed by atoms with van der Waals surface area (Å²) in [6, 6.07) is 8.39. The first-order valence-electron chi connectivity index (χ1n) is 11.2. The van der Waals surface area contributed by atoms with Crippen molar-refractivity contribution in [2.75, 3.05) is 13.2 Å². The van der Waals surface area contributed by atoms with Crippen LogP contribution in [0.4, 0.5) is 0 Å². The number of rotatable bonds is 13. The van der Waals surface area contributed by atoms with Crippen molar-refractivity contribution in [3.05, 3.63) is 35.9 Å². The van der Waals surface area contributed by atoms with Crippen LogP contribution in [0.1, 0.15) is 71.2 Å². The molecule has 0 spiro atoms. The van der Waals surface area contributed by atoms with Gasteiger partial charge in [-0.25, -0.2) is 14.4 Å². The topological polar surface area (TPSA) is 117 Å². The van der Waals surface area contributed by atoms with E-state index in [1.54, 1.807) is 44.2 Å². The zero-order chi connectivity index (χ0) is 25.1. The molecule has 0 heterocycles. The summed E-state index contributed by atoms with van der Waals surface area (Å²) in [5, 5.41) is 2.55. The third-order valence-electron chi connectivity index (χ3n) is 4.67. The van der Waals surface area contributed by atoms with Crippen molar-refractivity contribution < 1.29 is 38.1 Å². The molecule has 0 fully saturated rings. The second kappa shape index (κ2) is 12.9. The van der Waals surface area contributed by atoms with Gasteiger partial charge in [0.2, 0.25) is 0 Å². The Hall–Kier alpha value is -2.94. The molecule has 1 amide bonds. The second-order valence-electron chi connectivity index (χ2n) is 7.87.